The summed E-state index contributed by atoms with van der Waals surface area (Å²) in [5.41, 5.74) is -0.531. The Kier molecular flexibility index (Phi) is 6.16. The number of hydrogen-bond acceptors (Lipinski definition) is 5. The standard InChI is InChI=1S/C18H23N3O4S/c1-26-10-8-15(16(22)19-11-12-5-4-9-25-12)21-17(23)13-6-2-3-7-14(13)20-18(21)24/h2-3,6-7,12,15H,4-5,8-11H2,1H3,(H,19,22)(H,20,24)/t12-,15+/m1/s1. The van der Waals surface area contributed by atoms with Gasteiger partial charge in [-0.1, -0.05) is 12.1 Å². The van der Waals surface area contributed by atoms with Crippen LogP contribution in [0, 0.1) is 0 Å². The van der Waals surface area contributed by atoms with Crippen LogP contribution in [0.4, 0.5) is 0 Å². The molecule has 0 radical (unpaired) electrons. The molecule has 1 aliphatic rings. The van der Waals surface area contributed by atoms with Crippen molar-refractivity contribution in [2.45, 2.75) is 31.4 Å². The first-order chi connectivity index (χ1) is 12.6. The van der Waals surface area contributed by atoms with Gasteiger partial charge < -0.3 is 15.0 Å². The quantitative estimate of drug-likeness (QED) is 0.758. The van der Waals surface area contributed by atoms with Crippen LogP contribution in [0.1, 0.15) is 25.3 Å². The van der Waals surface area contributed by atoms with Crippen LogP contribution in [0.25, 0.3) is 10.9 Å². The summed E-state index contributed by atoms with van der Waals surface area (Å²) in [5.74, 6) is 0.342. The average molecular weight is 377 g/mol. The Labute approximate surface area is 155 Å². The van der Waals surface area contributed by atoms with E-state index in [9.17, 15) is 14.4 Å². The van der Waals surface area contributed by atoms with E-state index in [4.69, 9.17) is 4.74 Å². The summed E-state index contributed by atoms with van der Waals surface area (Å²) in [6.07, 6.45) is 4.23. The molecule has 1 amide bonds. The second kappa shape index (κ2) is 8.55. The number of para-hydroxylation sites is 1. The molecular weight excluding hydrogens is 354 g/mol. The lowest BCUT2D eigenvalue weighted by Gasteiger charge is -2.20. The molecule has 0 saturated carbocycles. The number of H-pyrrole nitrogens is 1. The molecule has 2 N–H and O–H groups in total. The summed E-state index contributed by atoms with van der Waals surface area (Å²) < 4.78 is 6.56. The molecule has 1 aliphatic heterocycles. The molecule has 2 heterocycles. The fourth-order valence-corrected chi connectivity index (χ4v) is 3.66. The Hall–Kier alpha value is -2.06. The smallest absolute Gasteiger partial charge is 0.329 e. The van der Waals surface area contributed by atoms with E-state index in [2.05, 4.69) is 10.3 Å². The second-order valence-electron chi connectivity index (χ2n) is 6.33. The number of carbonyl (C=O) groups is 1. The minimum absolute atomic E-state index is 0.00626. The molecule has 26 heavy (non-hydrogen) atoms. The maximum Gasteiger partial charge on any atom is 0.329 e. The lowest BCUT2D eigenvalue weighted by atomic mass is 10.1. The lowest BCUT2D eigenvalue weighted by molar-refractivity contribution is -0.125. The summed E-state index contributed by atoms with van der Waals surface area (Å²) in [6, 6.07) is 5.98. The SMILES string of the molecule is CSCC[C@@H](C(=O)NC[C@H]1CCCO1)n1c(=O)[nH]c2ccccc2c1=O. The van der Waals surface area contributed by atoms with E-state index >= 15 is 0 Å². The van der Waals surface area contributed by atoms with E-state index in [0.29, 0.717) is 36.2 Å². The number of aromatic nitrogens is 2. The van der Waals surface area contributed by atoms with Crippen molar-refractivity contribution in [2.75, 3.05) is 25.2 Å². The van der Waals surface area contributed by atoms with Gasteiger partial charge in [-0.2, -0.15) is 11.8 Å². The summed E-state index contributed by atoms with van der Waals surface area (Å²) in [5, 5.41) is 3.25. The predicted octanol–water partition coefficient (Wildman–Crippen LogP) is 1.28. The largest absolute Gasteiger partial charge is 0.376 e. The van der Waals surface area contributed by atoms with Crippen molar-refractivity contribution in [3.63, 3.8) is 0 Å². The highest BCUT2D eigenvalue weighted by Crippen LogP contribution is 2.15. The van der Waals surface area contributed by atoms with Crippen LogP contribution in [0.2, 0.25) is 0 Å². The fraction of sp³-hybridized carbons (Fsp3) is 0.500. The molecule has 1 fully saturated rings. The highest BCUT2D eigenvalue weighted by molar-refractivity contribution is 7.98. The number of aromatic amines is 1. The van der Waals surface area contributed by atoms with Gasteiger partial charge in [0.15, 0.2) is 0 Å². The molecule has 8 heteroatoms. The zero-order chi connectivity index (χ0) is 18.5. The fourth-order valence-electron chi connectivity index (χ4n) is 3.20. The number of hydrogen-bond donors (Lipinski definition) is 2. The average Bonchev–Trinajstić information content (AvgIpc) is 3.16. The van der Waals surface area contributed by atoms with E-state index in [-0.39, 0.29) is 12.0 Å². The van der Waals surface area contributed by atoms with Crippen molar-refractivity contribution in [1.29, 1.82) is 0 Å². The number of benzene rings is 1. The molecule has 3 rings (SSSR count). The molecule has 1 aromatic carbocycles. The number of nitrogens with one attached hydrogen (secondary N) is 2. The van der Waals surface area contributed by atoms with Gasteiger partial charge in [-0.25, -0.2) is 9.36 Å². The highest BCUT2D eigenvalue weighted by atomic mass is 32.2. The van der Waals surface area contributed by atoms with Gasteiger partial charge in [-0.3, -0.25) is 9.59 Å². The molecule has 1 aromatic heterocycles. The molecule has 0 aliphatic carbocycles. The van der Waals surface area contributed by atoms with Crippen molar-refractivity contribution in [1.82, 2.24) is 14.9 Å². The zero-order valence-corrected chi connectivity index (χ0v) is 15.5. The van der Waals surface area contributed by atoms with Crippen molar-refractivity contribution in [2.24, 2.45) is 0 Å². The molecule has 7 nitrogen and oxygen atoms in total. The number of nitrogens with zero attached hydrogens (tertiary/aromatic N) is 1. The first-order valence-electron chi connectivity index (χ1n) is 8.73. The van der Waals surface area contributed by atoms with E-state index < -0.39 is 17.3 Å². The first kappa shape index (κ1) is 18.7. The van der Waals surface area contributed by atoms with Gasteiger partial charge in [0.1, 0.15) is 6.04 Å². The number of ether oxygens (including phenoxy) is 1. The monoisotopic (exact) mass is 377 g/mol. The second-order valence-corrected chi connectivity index (χ2v) is 7.31. The number of rotatable bonds is 7. The number of amides is 1. The maximum absolute atomic E-state index is 12.9. The van der Waals surface area contributed by atoms with E-state index in [0.717, 1.165) is 17.4 Å². The third-order valence-corrected chi connectivity index (χ3v) is 5.22. The van der Waals surface area contributed by atoms with Crippen LogP contribution in [-0.4, -0.2) is 46.7 Å². The van der Waals surface area contributed by atoms with Crippen molar-refractivity contribution in [3.05, 3.63) is 45.1 Å². The van der Waals surface area contributed by atoms with Crippen LogP contribution in [-0.2, 0) is 9.53 Å². The Morgan fingerprint density at radius 2 is 2.23 bits per heavy atom. The normalized spacial score (nSPS) is 18.1. The molecule has 1 saturated heterocycles. The summed E-state index contributed by atoms with van der Waals surface area (Å²) >= 11 is 1.57. The van der Waals surface area contributed by atoms with E-state index in [1.807, 2.05) is 6.26 Å². The van der Waals surface area contributed by atoms with Crippen molar-refractivity contribution < 1.29 is 9.53 Å². The molecule has 2 atom stereocenters. The Morgan fingerprint density at radius 1 is 1.42 bits per heavy atom. The molecular formula is C18H23N3O4S. The number of thioether (sulfide) groups is 1. The van der Waals surface area contributed by atoms with Gasteiger partial charge in [-0.15, -0.1) is 0 Å². The van der Waals surface area contributed by atoms with Crippen LogP contribution in [0.5, 0.6) is 0 Å². The minimum atomic E-state index is -0.843. The topological polar surface area (TPSA) is 93.2 Å². The van der Waals surface area contributed by atoms with E-state index in [1.165, 1.54) is 0 Å². The van der Waals surface area contributed by atoms with Gasteiger partial charge in [-0.05, 0) is 43.4 Å². The highest BCUT2D eigenvalue weighted by Gasteiger charge is 2.26. The molecule has 2 aromatic rings. The lowest BCUT2D eigenvalue weighted by Crippen LogP contribution is -2.46. The Bertz CT molecular complexity index is 886. The summed E-state index contributed by atoms with van der Waals surface area (Å²) in [4.78, 5) is 40.8. The summed E-state index contributed by atoms with van der Waals surface area (Å²) in [6.45, 7) is 1.11. The third kappa shape index (κ3) is 4.02. The predicted molar refractivity (Wildman–Crippen MR) is 103 cm³/mol. The zero-order valence-electron chi connectivity index (χ0n) is 14.7. The van der Waals surface area contributed by atoms with E-state index in [1.54, 1.807) is 36.0 Å². The molecule has 0 spiro atoms. The third-order valence-electron chi connectivity index (χ3n) is 4.57. The van der Waals surface area contributed by atoms with Gasteiger partial charge in [0.2, 0.25) is 5.91 Å². The van der Waals surface area contributed by atoms with Gasteiger partial charge in [0.05, 0.1) is 17.0 Å². The molecule has 0 bridgehead atoms. The Balaban J connectivity index is 1.91. The summed E-state index contributed by atoms with van der Waals surface area (Å²) in [7, 11) is 0. The van der Waals surface area contributed by atoms with Crippen molar-refractivity contribution in [3.8, 4) is 0 Å². The van der Waals surface area contributed by atoms with Crippen molar-refractivity contribution >= 4 is 28.6 Å². The van der Waals surface area contributed by atoms with Gasteiger partial charge in [0.25, 0.3) is 5.56 Å². The van der Waals surface area contributed by atoms with Gasteiger partial charge >= 0.3 is 5.69 Å². The molecule has 140 valence electrons. The molecule has 0 unspecified atom stereocenters. The number of carbonyl (C=O) groups excluding carboxylic acids is 1. The van der Waals surface area contributed by atoms with Gasteiger partial charge in [0, 0.05) is 13.2 Å². The maximum atomic E-state index is 12.9. The number of fused-ring (bicyclic) bond motifs is 1. The van der Waals surface area contributed by atoms with Crippen LogP contribution >= 0.6 is 11.8 Å². The van der Waals surface area contributed by atoms with Crippen LogP contribution in [0.3, 0.4) is 0 Å². The van der Waals surface area contributed by atoms with Crippen LogP contribution < -0.4 is 16.6 Å². The Morgan fingerprint density at radius 3 is 2.96 bits per heavy atom. The first-order valence-corrected chi connectivity index (χ1v) is 10.1. The minimum Gasteiger partial charge on any atom is -0.376 e. The van der Waals surface area contributed by atoms with Crippen LogP contribution in [0.15, 0.2) is 33.9 Å².